The van der Waals surface area contributed by atoms with Gasteiger partial charge in [0.15, 0.2) is 11.5 Å². The van der Waals surface area contributed by atoms with Gasteiger partial charge in [-0.2, -0.15) is 5.10 Å². The average Bonchev–Trinajstić information content (AvgIpc) is 3.15. The zero-order valence-corrected chi connectivity index (χ0v) is 16.0. The molecule has 4 aromatic rings. The fourth-order valence-corrected chi connectivity index (χ4v) is 3.01. The van der Waals surface area contributed by atoms with Crippen molar-refractivity contribution in [2.45, 2.75) is 6.61 Å². The molecule has 4 rings (SSSR count). The second-order valence-electron chi connectivity index (χ2n) is 6.11. The van der Waals surface area contributed by atoms with Crippen molar-refractivity contribution in [3.8, 4) is 11.5 Å². The summed E-state index contributed by atoms with van der Waals surface area (Å²) in [5, 5.41) is 5.17. The maximum Gasteiger partial charge on any atom is 0.161 e. The number of methoxy groups -OCH3 is 1. The van der Waals surface area contributed by atoms with E-state index in [9.17, 15) is 0 Å². The van der Waals surface area contributed by atoms with Crippen LogP contribution in [0.1, 0.15) is 11.1 Å². The smallest absolute Gasteiger partial charge is 0.161 e. The van der Waals surface area contributed by atoms with E-state index < -0.39 is 0 Å². The van der Waals surface area contributed by atoms with Gasteiger partial charge in [0.25, 0.3) is 0 Å². The highest BCUT2D eigenvalue weighted by molar-refractivity contribution is 6.31. The highest BCUT2D eigenvalue weighted by Gasteiger charge is 2.07. The van der Waals surface area contributed by atoms with Crippen LogP contribution in [0.3, 0.4) is 0 Å². The van der Waals surface area contributed by atoms with Gasteiger partial charge in [-0.15, -0.1) is 0 Å². The van der Waals surface area contributed by atoms with Crippen molar-refractivity contribution in [2.75, 3.05) is 7.11 Å². The Morgan fingerprint density at radius 3 is 2.71 bits per heavy atom. The molecule has 0 radical (unpaired) electrons. The Hall–Kier alpha value is -3.31. The SMILES string of the molecule is COc1cc(/C=N\n2cnc3ccccc32)ccc1OCc1ccccc1Cl. The largest absolute Gasteiger partial charge is 0.493 e. The van der Waals surface area contributed by atoms with Crippen molar-refractivity contribution in [3.63, 3.8) is 0 Å². The van der Waals surface area contributed by atoms with Crippen LogP contribution < -0.4 is 9.47 Å². The summed E-state index contributed by atoms with van der Waals surface area (Å²) in [5.41, 5.74) is 3.66. The molecule has 6 heteroatoms. The number of para-hydroxylation sites is 2. The van der Waals surface area contributed by atoms with Crippen LogP contribution in [0.15, 0.2) is 78.2 Å². The zero-order chi connectivity index (χ0) is 19.3. The first-order chi connectivity index (χ1) is 13.7. The van der Waals surface area contributed by atoms with Crippen molar-refractivity contribution < 1.29 is 9.47 Å². The molecule has 28 heavy (non-hydrogen) atoms. The van der Waals surface area contributed by atoms with Crippen LogP contribution in [0.2, 0.25) is 5.02 Å². The molecule has 0 amide bonds. The van der Waals surface area contributed by atoms with Gasteiger partial charge in [0, 0.05) is 10.6 Å². The Morgan fingerprint density at radius 1 is 1.04 bits per heavy atom. The van der Waals surface area contributed by atoms with Crippen LogP contribution in [0.5, 0.6) is 11.5 Å². The van der Waals surface area contributed by atoms with E-state index in [1.807, 2.05) is 66.7 Å². The topological polar surface area (TPSA) is 48.6 Å². The van der Waals surface area contributed by atoms with Gasteiger partial charge in [-0.25, -0.2) is 9.66 Å². The molecule has 5 nitrogen and oxygen atoms in total. The third-order valence-electron chi connectivity index (χ3n) is 4.29. The summed E-state index contributed by atoms with van der Waals surface area (Å²) in [5.74, 6) is 1.28. The van der Waals surface area contributed by atoms with Gasteiger partial charge in [0.1, 0.15) is 12.9 Å². The van der Waals surface area contributed by atoms with Gasteiger partial charge in [0.2, 0.25) is 0 Å². The Kier molecular flexibility index (Phi) is 5.26. The molecular formula is C22H18ClN3O2. The van der Waals surface area contributed by atoms with E-state index in [0.717, 1.165) is 22.2 Å². The average molecular weight is 392 g/mol. The molecule has 0 aliphatic heterocycles. The van der Waals surface area contributed by atoms with Gasteiger partial charge in [-0.3, -0.25) is 0 Å². The number of nitrogens with zero attached hydrogens (tertiary/aromatic N) is 3. The second kappa shape index (κ2) is 8.15. The summed E-state index contributed by atoms with van der Waals surface area (Å²) >= 11 is 6.18. The van der Waals surface area contributed by atoms with E-state index in [2.05, 4.69) is 10.1 Å². The van der Waals surface area contributed by atoms with Crippen LogP contribution in [-0.4, -0.2) is 23.0 Å². The summed E-state index contributed by atoms with van der Waals surface area (Å²) < 4.78 is 13.1. The number of imidazole rings is 1. The third kappa shape index (κ3) is 3.85. The van der Waals surface area contributed by atoms with Crippen LogP contribution in [0.4, 0.5) is 0 Å². The highest BCUT2D eigenvalue weighted by atomic mass is 35.5. The number of fused-ring (bicyclic) bond motifs is 1. The maximum absolute atomic E-state index is 6.18. The lowest BCUT2D eigenvalue weighted by molar-refractivity contribution is 0.284. The molecule has 0 spiro atoms. The van der Waals surface area contributed by atoms with Crippen molar-refractivity contribution >= 4 is 28.8 Å². The van der Waals surface area contributed by atoms with Crippen LogP contribution in [0.25, 0.3) is 11.0 Å². The number of rotatable bonds is 6. The Morgan fingerprint density at radius 2 is 1.86 bits per heavy atom. The van der Waals surface area contributed by atoms with E-state index in [4.69, 9.17) is 21.1 Å². The Labute approximate surface area is 167 Å². The molecule has 1 heterocycles. The lowest BCUT2D eigenvalue weighted by atomic mass is 10.2. The molecule has 0 aliphatic rings. The van der Waals surface area contributed by atoms with E-state index in [1.54, 1.807) is 24.3 Å². The lowest BCUT2D eigenvalue weighted by Crippen LogP contribution is -1.99. The number of benzene rings is 3. The Balaban J connectivity index is 1.52. The summed E-state index contributed by atoms with van der Waals surface area (Å²) in [6.07, 6.45) is 3.45. The minimum absolute atomic E-state index is 0.366. The molecule has 140 valence electrons. The van der Waals surface area contributed by atoms with Gasteiger partial charge in [-0.1, -0.05) is 41.9 Å². The molecule has 0 fully saturated rings. The predicted molar refractivity (Wildman–Crippen MR) is 112 cm³/mol. The third-order valence-corrected chi connectivity index (χ3v) is 4.66. The van der Waals surface area contributed by atoms with E-state index in [-0.39, 0.29) is 0 Å². The molecule has 0 aliphatic carbocycles. The second-order valence-corrected chi connectivity index (χ2v) is 6.52. The molecule has 3 aromatic carbocycles. The van der Waals surface area contributed by atoms with Crippen LogP contribution in [0, 0.1) is 0 Å². The fourth-order valence-electron chi connectivity index (χ4n) is 2.82. The first kappa shape index (κ1) is 18.1. The normalized spacial score (nSPS) is 11.2. The summed E-state index contributed by atoms with van der Waals surface area (Å²) in [4.78, 5) is 4.33. The van der Waals surface area contributed by atoms with Crippen molar-refractivity contribution in [2.24, 2.45) is 5.10 Å². The molecule has 0 atom stereocenters. The lowest BCUT2D eigenvalue weighted by Gasteiger charge is -2.12. The highest BCUT2D eigenvalue weighted by Crippen LogP contribution is 2.29. The molecule has 0 N–H and O–H groups in total. The summed E-state index contributed by atoms with van der Waals surface area (Å²) in [6.45, 7) is 0.366. The molecule has 0 saturated heterocycles. The van der Waals surface area contributed by atoms with E-state index >= 15 is 0 Å². The van der Waals surface area contributed by atoms with Crippen molar-refractivity contribution in [1.29, 1.82) is 0 Å². The van der Waals surface area contributed by atoms with Crippen molar-refractivity contribution in [3.05, 3.63) is 89.2 Å². The number of aromatic nitrogens is 2. The predicted octanol–water partition coefficient (Wildman–Crippen LogP) is 5.16. The van der Waals surface area contributed by atoms with E-state index in [0.29, 0.717) is 23.1 Å². The molecule has 1 aromatic heterocycles. The number of ether oxygens (including phenoxy) is 2. The van der Waals surface area contributed by atoms with Crippen molar-refractivity contribution in [1.82, 2.24) is 9.66 Å². The maximum atomic E-state index is 6.18. The summed E-state index contributed by atoms with van der Waals surface area (Å²) in [7, 11) is 1.61. The monoisotopic (exact) mass is 391 g/mol. The zero-order valence-electron chi connectivity index (χ0n) is 15.2. The molecule has 0 unspecified atom stereocenters. The number of hydrogen-bond donors (Lipinski definition) is 0. The number of halogens is 1. The summed E-state index contributed by atoms with van der Waals surface area (Å²) in [6, 6.07) is 21.1. The standard InChI is InChI=1S/C22H18ClN3O2/c1-27-22-12-16(13-25-26-15-24-19-8-4-5-9-20(19)26)10-11-21(22)28-14-17-6-2-3-7-18(17)23/h2-13,15H,14H2,1H3/b25-13-. The molecular weight excluding hydrogens is 374 g/mol. The first-order valence-corrected chi connectivity index (χ1v) is 9.13. The first-order valence-electron chi connectivity index (χ1n) is 8.75. The van der Waals surface area contributed by atoms with Gasteiger partial charge >= 0.3 is 0 Å². The Bertz CT molecular complexity index is 1140. The number of hydrogen-bond acceptors (Lipinski definition) is 4. The fraction of sp³-hybridized carbons (Fsp3) is 0.0909. The van der Waals surface area contributed by atoms with Crippen LogP contribution in [-0.2, 0) is 6.61 Å². The molecule has 0 saturated carbocycles. The quantitative estimate of drug-likeness (QED) is 0.426. The van der Waals surface area contributed by atoms with Crippen LogP contribution >= 0.6 is 11.6 Å². The minimum atomic E-state index is 0.366. The molecule has 0 bridgehead atoms. The van der Waals surface area contributed by atoms with Gasteiger partial charge < -0.3 is 9.47 Å². The van der Waals surface area contributed by atoms with Gasteiger partial charge in [0.05, 0.1) is 24.4 Å². The van der Waals surface area contributed by atoms with E-state index in [1.165, 1.54) is 0 Å². The minimum Gasteiger partial charge on any atom is -0.493 e. The van der Waals surface area contributed by atoms with Gasteiger partial charge in [-0.05, 0) is 42.0 Å².